The molecular weight excluding hydrogens is 279 g/mol. The van der Waals surface area contributed by atoms with E-state index in [2.05, 4.69) is 17.1 Å². The topological polar surface area (TPSA) is 15.3 Å². The van der Waals surface area contributed by atoms with Crippen molar-refractivity contribution in [3.8, 4) is 0 Å². The van der Waals surface area contributed by atoms with Crippen LogP contribution in [0.4, 0.5) is 5.69 Å². The minimum atomic E-state index is 0.457. The first kappa shape index (κ1) is 13.3. The molecule has 1 aliphatic rings. The summed E-state index contributed by atoms with van der Waals surface area (Å²) in [6, 6.07) is 4.04. The van der Waals surface area contributed by atoms with Gasteiger partial charge in [0.1, 0.15) is 0 Å². The maximum atomic E-state index is 6.25. The van der Waals surface area contributed by atoms with E-state index >= 15 is 0 Å². The first-order chi connectivity index (χ1) is 8.13. The van der Waals surface area contributed by atoms with Crippen LogP contribution in [0.25, 0.3) is 0 Å². The second-order valence-corrected chi connectivity index (χ2v) is 5.40. The molecule has 1 aromatic rings. The van der Waals surface area contributed by atoms with Crippen molar-refractivity contribution in [2.75, 3.05) is 24.5 Å². The van der Waals surface area contributed by atoms with Gasteiger partial charge in [-0.1, -0.05) is 41.7 Å². The van der Waals surface area contributed by atoms with E-state index < -0.39 is 0 Å². The highest BCUT2D eigenvalue weighted by Gasteiger charge is 2.23. The van der Waals surface area contributed by atoms with Gasteiger partial charge in [-0.3, -0.25) is 0 Å². The maximum absolute atomic E-state index is 6.25. The smallest absolute Gasteiger partial charge is 0.0655 e. The summed E-state index contributed by atoms with van der Waals surface area (Å²) in [5.41, 5.74) is 0.981. The summed E-state index contributed by atoms with van der Waals surface area (Å²) < 4.78 is 0. The third-order valence-corrected chi connectivity index (χ3v) is 4.15. The van der Waals surface area contributed by atoms with Gasteiger partial charge in [0, 0.05) is 25.7 Å². The minimum absolute atomic E-state index is 0.457. The van der Waals surface area contributed by atoms with E-state index in [0.29, 0.717) is 21.1 Å². The molecule has 1 saturated heterocycles. The second kappa shape index (κ2) is 5.66. The van der Waals surface area contributed by atoms with Crippen LogP contribution in [-0.2, 0) is 0 Å². The lowest BCUT2D eigenvalue weighted by molar-refractivity contribution is 0.466. The average molecular weight is 294 g/mol. The van der Waals surface area contributed by atoms with Gasteiger partial charge >= 0.3 is 0 Å². The van der Waals surface area contributed by atoms with Crippen molar-refractivity contribution in [2.45, 2.75) is 19.4 Å². The van der Waals surface area contributed by atoms with Crippen molar-refractivity contribution < 1.29 is 0 Å². The molecule has 0 spiro atoms. The Kier molecular flexibility index (Phi) is 4.42. The first-order valence-electron chi connectivity index (χ1n) is 5.75. The van der Waals surface area contributed by atoms with Gasteiger partial charge in [-0.2, -0.15) is 0 Å². The standard InChI is InChI=1S/C12H15Cl3N2/c1-2-8-7-16-3-4-17(8)12-6-10(14)9(13)5-11(12)15/h5-6,8,16H,2-4,7H2,1H3. The van der Waals surface area contributed by atoms with Crippen LogP contribution in [0.3, 0.4) is 0 Å². The molecule has 0 radical (unpaired) electrons. The minimum Gasteiger partial charge on any atom is -0.365 e. The lowest BCUT2D eigenvalue weighted by atomic mass is 10.1. The Bertz CT molecular complexity index is 409. The summed E-state index contributed by atoms with van der Waals surface area (Å²) >= 11 is 18.3. The van der Waals surface area contributed by atoms with Gasteiger partial charge in [-0.25, -0.2) is 0 Å². The average Bonchev–Trinajstić information content (AvgIpc) is 2.34. The Hall–Kier alpha value is -0.150. The van der Waals surface area contributed by atoms with E-state index in [0.717, 1.165) is 31.7 Å². The van der Waals surface area contributed by atoms with Gasteiger partial charge in [-0.15, -0.1) is 0 Å². The molecule has 5 heteroatoms. The molecule has 0 aliphatic carbocycles. The number of piperazine rings is 1. The molecular formula is C12H15Cl3N2. The van der Waals surface area contributed by atoms with Crippen molar-refractivity contribution in [3.05, 3.63) is 27.2 Å². The highest BCUT2D eigenvalue weighted by atomic mass is 35.5. The molecule has 1 unspecified atom stereocenters. The summed E-state index contributed by atoms with van der Waals surface area (Å²) in [7, 11) is 0. The fourth-order valence-corrected chi connectivity index (χ4v) is 2.82. The van der Waals surface area contributed by atoms with E-state index in [1.807, 2.05) is 6.07 Å². The zero-order valence-corrected chi connectivity index (χ0v) is 11.9. The van der Waals surface area contributed by atoms with Crippen LogP contribution in [0, 0.1) is 0 Å². The Balaban J connectivity index is 2.34. The summed E-state index contributed by atoms with van der Waals surface area (Å²) in [5.74, 6) is 0. The summed E-state index contributed by atoms with van der Waals surface area (Å²) in [5, 5.41) is 5.11. The molecule has 0 bridgehead atoms. The number of hydrogen-bond donors (Lipinski definition) is 1. The normalized spacial score (nSPS) is 20.7. The Labute approximate surface area is 117 Å². The fourth-order valence-electron chi connectivity index (χ4n) is 2.17. The van der Waals surface area contributed by atoms with Crippen molar-refractivity contribution in [1.29, 1.82) is 0 Å². The molecule has 1 aliphatic heterocycles. The number of hydrogen-bond acceptors (Lipinski definition) is 2. The quantitative estimate of drug-likeness (QED) is 0.834. The van der Waals surface area contributed by atoms with Gasteiger partial charge in [0.25, 0.3) is 0 Å². The van der Waals surface area contributed by atoms with Crippen LogP contribution in [-0.4, -0.2) is 25.7 Å². The van der Waals surface area contributed by atoms with Crippen molar-refractivity contribution in [3.63, 3.8) is 0 Å². The zero-order valence-electron chi connectivity index (χ0n) is 9.64. The molecule has 17 heavy (non-hydrogen) atoms. The maximum Gasteiger partial charge on any atom is 0.0655 e. The fraction of sp³-hybridized carbons (Fsp3) is 0.500. The third-order valence-electron chi connectivity index (χ3n) is 3.12. The van der Waals surface area contributed by atoms with E-state index in [-0.39, 0.29) is 0 Å². The van der Waals surface area contributed by atoms with Crippen LogP contribution in [0.1, 0.15) is 13.3 Å². The van der Waals surface area contributed by atoms with Crippen molar-refractivity contribution in [1.82, 2.24) is 5.32 Å². The van der Waals surface area contributed by atoms with Crippen LogP contribution >= 0.6 is 34.8 Å². The van der Waals surface area contributed by atoms with Crippen LogP contribution < -0.4 is 10.2 Å². The van der Waals surface area contributed by atoms with Crippen LogP contribution in [0.5, 0.6) is 0 Å². The van der Waals surface area contributed by atoms with Gasteiger partial charge in [0.15, 0.2) is 0 Å². The summed E-state index contributed by atoms with van der Waals surface area (Å²) in [6.07, 6.45) is 1.07. The van der Waals surface area contributed by atoms with Crippen molar-refractivity contribution in [2.24, 2.45) is 0 Å². The Morgan fingerprint density at radius 2 is 1.94 bits per heavy atom. The third kappa shape index (κ3) is 2.82. The van der Waals surface area contributed by atoms with Gasteiger partial charge in [-0.05, 0) is 18.6 Å². The molecule has 0 saturated carbocycles. The zero-order chi connectivity index (χ0) is 12.4. The Morgan fingerprint density at radius 3 is 2.65 bits per heavy atom. The molecule has 2 rings (SSSR count). The molecule has 1 atom stereocenters. The highest BCUT2D eigenvalue weighted by Crippen LogP contribution is 2.35. The SMILES string of the molecule is CCC1CNCCN1c1cc(Cl)c(Cl)cc1Cl. The molecule has 1 heterocycles. The predicted molar refractivity (Wildman–Crippen MR) is 75.8 cm³/mol. The molecule has 0 amide bonds. The van der Waals surface area contributed by atoms with E-state index in [1.54, 1.807) is 6.07 Å². The second-order valence-electron chi connectivity index (χ2n) is 4.18. The summed E-state index contributed by atoms with van der Waals surface area (Å²) in [4.78, 5) is 2.31. The molecule has 2 nitrogen and oxygen atoms in total. The molecule has 0 aromatic heterocycles. The lowest BCUT2D eigenvalue weighted by Gasteiger charge is -2.38. The number of anilines is 1. The summed E-state index contributed by atoms with van der Waals surface area (Å²) in [6.45, 7) is 5.06. The number of rotatable bonds is 2. The van der Waals surface area contributed by atoms with Crippen molar-refractivity contribution >= 4 is 40.5 Å². The number of nitrogens with zero attached hydrogens (tertiary/aromatic N) is 1. The van der Waals surface area contributed by atoms with E-state index in [9.17, 15) is 0 Å². The van der Waals surface area contributed by atoms with Gasteiger partial charge in [0.2, 0.25) is 0 Å². The molecule has 94 valence electrons. The predicted octanol–water partition coefficient (Wildman–Crippen LogP) is 3.84. The largest absolute Gasteiger partial charge is 0.365 e. The van der Waals surface area contributed by atoms with E-state index in [4.69, 9.17) is 34.8 Å². The molecule has 1 aromatic carbocycles. The highest BCUT2D eigenvalue weighted by molar-refractivity contribution is 6.44. The van der Waals surface area contributed by atoms with Crippen LogP contribution in [0.15, 0.2) is 12.1 Å². The number of halogens is 3. The first-order valence-corrected chi connectivity index (χ1v) is 6.88. The number of benzene rings is 1. The van der Waals surface area contributed by atoms with Gasteiger partial charge < -0.3 is 10.2 Å². The van der Waals surface area contributed by atoms with E-state index in [1.165, 1.54) is 0 Å². The Morgan fingerprint density at radius 1 is 1.24 bits per heavy atom. The lowest BCUT2D eigenvalue weighted by Crippen LogP contribution is -2.51. The number of nitrogens with one attached hydrogen (secondary N) is 1. The monoisotopic (exact) mass is 292 g/mol. The molecule has 1 fully saturated rings. The molecule has 1 N–H and O–H groups in total. The van der Waals surface area contributed by atoms with Crippen LogP contribution in [0.2, 0.25) is 15.1 Å². The van der Waals surface area contributed by atoms with Gasteiger partial charge in [0.05, 0.1) is 20.8 Å².